The van der Waals surface area contributed by atoms with Crippen molar-refractivity contribution in [1.29, 1.82) is 0 Å². The van der Waals surface area contributed by atoms with Crippen LogP contribution >= 0.6 is 0 Å². The van der Waals surface area contributed by atoms with Gasteiger partial charge in [-0.3, -0.25) is 4.79 Å². The number of Topliss-reactive ketones (excluding diaryl/α,β-unsaturated/α-hetero) is 1. The Balaban J connectivity index is 2.73. The zero-order chi connectivity index (χ0) is 15.0. The number of allylic oxidation sites excluding steroid dienone is 1. The molecule has 0 saturated carbocycles. The van der Waals surface area contributed by atoms with E-state index in [0.717, 1.165) is 32.1 Å². The third-order valence-corrected chi connectivity index (χ3v) is 3.66. The minimum atomic E-state index is -0.321. The SMILES string of the molecule is C=C(C(=O)c1ccccc1)C(CCCC)CCC(C)O. The highest BCUT2D eigenvalue weighted by Crippen LogP contribution is 2.26. The maximum absolute atomic E-state index is 12.4. The number of carbonyl (C=O) groups is 1. The largest absolute Gasteiger partial charge is 0.393 e. The number of rotatable bonds is 9. The van der Waals surface area contributed by atoms with Crippen LogP contribution in [0.15, 0.2) is 42.5 Å². The minimum absolute atomic E-state index is 0.0392. The van der Waals surface area contributed by atoms with Gasteiger partial charge < -0.3 is 5.11 Å². The van der Waals surface area contributed by atoms with E-state index in [2.05, 4.69) is 13.5 Å². The molecule has 0 fully saturated rings. The molecule has 0 aliphatic carbocycles. The highest BCUT2D eigenvalue weighted by molar-refractivity contribution is 6.08. The van der Waals surface area contributed by atoms with Crippen molar-refractivity contribution < 1.29 is 9.90 Å². The van der Waals surface area contributed by atoms with Gasteiger partial charge in [0.25, 0.3) is 0 Å². The maximum atomic E-state index is 12.4. The lowest BCUT2D eigenvalue weighted by molar-refractivity contribution is 0.101. The van der Waals surface area contributed by atoms with Crippen molar-refractivity contribution >= 4 is 5.78 Å². The summed E-state index contributed by atoms with van der Waals surface area (Å²) in [7, 11) is 0. The zero-order valence-electron chi connectivity index (χ0n) is 12.6. The van der Waals surface area contributed by atoms with Crippen LogP contribution in [0.5, 0.6) is 0 Å². The molecule has 110 valence electrons. The van der Waals surface area contributed by atoms with E-state index in [9.17, 15) is 9.90 Å². The second-order valence-corrected chi connectivity index (χ2v) is 5.49. The molecule has 1 N–H and O–H groups in total. The normalized spacial score (nSPS) is 13.8. The Hall–Kier alpha value is -1.41. The van der Waals surface area contributed by atoms with E-state index in [1.165, 1.54) is 0 Å². The number of ketones is 1. The first-order chi connectivity index (χ1) is 9.56. The number of aliphatic hydroxyl groups is 1. The van der Waals surface area contributed by atoms with Crippen LogP contribution in [0.3, 0.4) is 0 Å². The average molecular weight is 274 g/mol. The predicted molar refractivity (Wildman–Crippen MR) is 83.8 cm³/mol. The topological polar surface area (TPSA) is 37.3 Å². The molecule has 0 heterocycles. The van der Waals surface area contributed by atoms with Gasteiger partial charge in [-0.1, -0.05) is 56.7 Å². The molecule has 20 heavy (non-hydrogen) atoms. The zero-order valence-corrected chi connectivity index (χ0v) is 12.6. The van der Waals surface area contributed by atoms with Crippen LogP contribution < -0.4 is 0 Å². The Bertz CT molecular complexity index is 420. The van der Waals surface area contributed by atoms with Gasteiger partial charge in [0.15, 0.2) is 5.78 Å². The number of unbranched alkanes of at least 4 members (excludes halogenated alkanes) is 1. The van der Waals surface area contributed by atoms with Crippen LogP contribution in [0.4, 0.5) is 0 Å². The van der Waals surface area contributed by atoms with Gasteiger partial charge in [-0.05, 0) is 37.7 Å². The summed E-state index contributed by atoms with van der Waals surface area (Å²) in [5.74, 6) is 0.217. The summed E-state index contributed by atoms with van der Waals surface area (Å²) in [6, 6.07) is 9.31. The second kappa shape index (κ2) is 8.70. The van der Waals surface area contributed by atoms with Crippen LogP contribution in [-0.4, -0.2) is 17.0 Å². The van der Waals surface area contributed by atoms with Crippen LogP contribution in [0.25, 0.3) is 0 Å². The summed E-state index contributed by atoms with van der Waals surface area (Å²) in [4.78, 5) is 12.4. The molecule has 2 heteroatoms. The van der Waals surface area contributed by atoms with Crippen LogP contribution in [0.1, 0.15) is 56.3 Å². The van der Waals surface area contributed by atoms with Crippen molar-refractivity contribution in [3.05, 3.63) is 48.0 Å². The number of benzene rings is 1. The number of hydrogen-bond donors (Lipinski definition) is 1. The molecule has 2 unspecified atom stereocenters. The molecular formula is C18H26O2. The smallest absolute Gasteiger partial charge is 0.188 e. The van der Waals surface area contributed by atoms with Gasteiger partial charge in [0, 0.05) is 5.56 Å². The van der Waals surface area contributed by atoms with E-state index in [4.69, 9.17) is 0 Å². The lowest BCUT2D eigenvalue weighted by atomic mass is 9.85. The van der Waals surface area contributed by atoms with E-state index in [1.54, 1.807) is 6.92 Å². The van der Waals surface area contributed by atoms with Crippen LogP contribution in [-0.2, 0) is 0 Å². The summed E-state index contributed by atoms with van der Waals surface area (Å²) in [5, 5.41) is 9.45. The lowest BCUT2D eigenvalue weighted by Gasteiger charge is -2.19. The van der Waals surface area contributed by atoms with Crippen molar-refractivity contribution in [2.24, 2.45) is 5.92 Å². The fourth-order valence-corrected chi connectivity index (χ4v) is 2.35. The minimum Gasteiger partial charge on any atom is -0.393 e. The number of hydrogen-bond acceptors (Lipinski definition) is 2. The van der Waals surface area contributed by atoms with Crippen molar-refractivity contribution in [3.8, 4) is 0 Å². The van der Waals surface area contributed by atoms with E-state index in [-0.39, 0.29) is 17.8 Å². The average Bonchev–Trinajstić information content (AvgIpc) is 2.46. The van der Waals surface area contributed by atoms with Gasteiger partial charge in [0.05, 0.1) is 6.10 Å². The third-order valence-electron chi connectivity index (χ3n) is 3.66. The highest BCUT2D eigenvalue weighted by Gasteiger charge is 2.20. The molecule has 0 aromatic heterocycles. The molecule has 0 amide bonds. The first kappa shape index (κ1) is 16.6. The maximum Gasteiger partial charge on any atom is 0.188 e. The first-order valence-electron chi connectivity index (χ1n) is 7.52. The Morgan fingerprint density at radius 1 is 1.20 bits per heavy atom. The van der Waals surface area contributed by atoms with E-state index < -0.39 is 0 Å². The predicted octanol–water partition coefficient (Wildman–Crippen LogP) is 4.39. The Morgan fingerprint density at radius 3 is 2.40 bits per heavy atom. The number of carbonyl (C=O) groups excluding carboxylic acids is 1. The molecule has 1 aromatic carbocycles. The van der Waals surface area contributed by atoms with Crippen LogP contribution in [0.2, 0.25) is 0 Å². The monoisotopic (exact) mass is 274 g/mol. The Labute approximate surface area is 122 Å². The molecule has 2 nitrogen and oxygen atoms in total. The van der Waals surface area contributed by atoms with Crippen LogP contribution in [0, 0.1) is 5.92 Å². The molecule has 1 rings (SSSR count). The van der Waals surface area contributed by atoms with Crippen molar-refractivity contribution in [2.45, 2.75) is 52.1 Å². The van der Waals surface area contributed by atoms with Gasteiger partial charge >= 0.3 is 0 Å². The van der Waals surface area contributed by atoms with E-state index in [0.29, 0.717) is 11.1 Å². The molecule has 2 atom stereocenters. The molecule has 0 spiro atoms. The Kier molecular flexibility index (Phi) is 7.24. The summed E-state index contributed by atoms with van der Waals surface area (Å²) in [6.07, 6.45) is 4.40. The second-order valence-electron chi connectivity index (χ2n) is 5.49. The third kappa shape index (κ3) is 5.30. The van der Waals surface area contributed by atoms with Gasteiger partial charge in [-0.25, -0.2) is 0 Å². The van der Waals surface area contributed by atoms with Crippen molar-refractivity contribution in [3.63, 3.8) is 0 Å². The molecule has 0 saturated heterocycles. The van der Waals surface area contributed by atoms with E-state index >= 15 is 0 Å². The van der Waals surface area contributed by atoms with Gasteiger partial charge in [0.2, 0.25) is 0 Å². The van der Waals surface area contributed by atoms with Gasteiger partial charge in [-0.15, -0.1) is 0 Å². The van der Waals surface area contributed by atoms with Gasteiger partial charge in [0.1, 0.15) is 0 Å². The Morgan fingerprint density at radius 2 is 1.85 bits per heavy atom. The fourth-order valence-electron chi connectivity index (χ4n) is 2.35. The molecule has 1 aromatic rings. The van der Waals surface area contributed by atoms with Crippen molar-refractivity contribution in [1.82, 2.24) is 0 Å². The first-order valence-corrected chi connectivity index (χ1v) is 7.52. The molecule has 0 aliphatic heterocycles. The number of aliphatic hydroxyl groups excluding tert-OH is 1. The quantitative estimate of drug-likeness (QED) is 0.535. The summed E-state index contributed by atoms with van der Waals surface area (Å²) < 4.78 is 0. The summed E-state index contributed by atoms with van der Waals surface area (Å²) >= 11 is 0. The lowest BCUT2D eigenvalue weighted by Crippen LogP contribution is -2.15. The summed E-state index contributed by atoms with van der Waals surface area (Å²) in [6.45, 7) is 7.97. The molecule has 0 bridgehead atoms. The molecule has 0 radical (unpaired) electrons. The standard InChI is InChI=1S/C18H26O2/c1-4-5-9-16(13-12-14(2)19)15(3)18(20)17-10-7-6-8-11-17/h6-8,10-11,14,16,19H,3-5,9,12-13H2,1-2H3. The molecular weight excluding hydrogens is 248 g/mol. The van der Waals surface area contributed by atoms with E-state index in [1.807, 2.05) is 30.3 Å². The fraction of sp³-hybridized carbons (Fsp3) is 0.500. The van der Waals surface area contributed by atoms with Crippen molar-refractivity contribution in [2.75, 3.05) is 0 Å². The highest BCUT2D eigenvalue weighted by atomic mass is 16.3. The van der Waals surface area contributed by atoms with Gasteiger partial charge in [-0.2, -0.15) is 0 Å². The molecule has 0 aliphatic rings. The summed E-state index contributed by atoms with van der Waals surface area (Å²) in [5.41, 5.74) is 1.39.